The van der Waals surface area contributed by atoms with Crippen LogP contribution in [-0.2, 0) is 9.53 Å². The zero-order chi connectivity index (χ0) is 13.6. The number of carbonyl (C=O) groups is 1. The van der Waals surface area contributed by atoms with Gasteiger partial charge < -0.3 is 4.74 Å². The second-order valence-corrected chi connectivity index (χ2v) is 5.26. The van der Waals surface area contributed by atoms with Gasteiger partial charge in [-0.1, -0.05) is 65.7 Å². The molecule has 108 valence electrons. The van der Waals surface area contributed by atoms with E-state index in [9.17, 15) is 4.79 Å². The van der Waals surface area contributed by atoms with Crippen molar-refractivity contribution in [3.05, 3.63) is 0 Å². The van der Waals surface area contributed by atoms with Gasteiger partial charge in [-0.2, -0.15) is 0 Å². The van der Waals surface area contributed by atoms with E-state index in [4.69, 9.17) is 4.74 Å². The summed E-state index contributed by atoms with van der Waals surface area (Å²) in [6.45, 7) is 7.20. The van der Waals surface area contributed by atoms with Crippen LogP contribution in [0.4, 0.5) is 0 Å². The van der Waals surface area contributed by atoms with Gasteiger partial charge in [-0.15, -0.1) is 0 Å². The highest BCUT2D eigenvalue weighted by Gasteiger charge is 2.09. The van der Waals surface area contributed by atoms with E-state index in [2.05, 4.69) is 20.8 Å². The van der Waals surface area contributed by atoms with Crippen LogP contribution in [0.1, 0.15) is 85.0 Å². The van der Waals surface area contributed by atoms with Gasteiger partial charge in [0.2, 0.25) is 0 Å². The molecule has 0 aliphatic rings. The molecule has 0 aromatic rings. The molecule has 0 bridgehead atoms. The summed E-state index contributed by atoms with van der Waals surface area (Å²) in [6, 6.07) is 0. The molecule has 2 nitrogen and oxygen atoms in total. The molecule has 2 heteroatoms. The minimum absolute atomic E-state index is 0.0133. The van der Waals surface area contributed by atoms with Crippen molar-refractivity contribution < 1.29 is 9.53 Å². The van der Waals surface area contributed by atoms with Crippen LogP contribution in [0.25, 0.3) is 0 Å². The maximum absolute atomic E-state index is 11.4. The van der Waals surface area contributed by atoms with Crippen molar-refractivity contribution in [1.29, 1.82) is 0 Å². The van der Waals surface area contributed by atoms with Crippen LogP contribution in [0.2, 0.25) is 0 Å². The van der Waals surface area contributed by atoms with Crippen molar-refractivity contribution in [3.63, 3.8) is 0 Å². The molecule has 0 radical (unpaired) electrons. The highest BCUT2D eigenvalue weighted by atomic mass is 16.5. The Morgan fingerprint density at radius 1 is 0.889 bits per heavy atom. The van der Waals surface area contributed by atoms with E-state index in [1.165, 1.54) is 38.5 Å². The summed E-state index contributed by atoms with van der Waals surface area (Å²) in [5, 5.41) is 0. The molecule has 0 amide bonds. The lowest BCUT2D eigenvalue weighted by Gasteiger charge is -2.15. The lowest BCUT2D eigenvalue weighted by atomic mass is 9.94. The molecular weight excluding hydrogens is 224 g/mol. The Bertz CT molecular complexity index is 190. The second-order valence-electron chi connectivity index (χ2n) is 5.26. The van der Waals surface area contributed by atoms with Gasteiger partial charge in [-0.3, -0.25) is 4.79 Å². The Labute approximate surface area is 113 Å². The molecule has 1 unspecified atom stereocenters. The van der Waals surface area contributed by atoms with Gasteiger partial charge in [0.25, 0.3) is 0 Å². The fourth-order valence-electron chi connectivity index (χ4n) is 2.26. The first-order chi connectivity index (χ1) is 8.74. The molecule has 0 fully saturated rings. The Balaban J connectivity index is 3.64. The van der Waals surface area contributed by atoms with Gasteiger partial charge in [0.05, 0.1) is 6.61 Å². The average Bonchev–Trinajstić information content (AvgIpc) is 2.36. The molecule has 0 saturated heterocycles. The lowest BCUT2D eigenvalue weighted by Crippen LogP contribution is -2.10. The SMILES string of the molecule is CCCCCC(CCC)CCOC(=O)CCCC. The summed E-state index contributed by atoms with van der Waals surface area (Å²) in [5.74, 6) is 0.737. The number of rotatable bonds is 12. The molecule has 18 heavy (non-hydrogen) atoms. The van der Waals surface area contributed by atoms with E-state index >= 15 is 0 Å². The Morgan fingerprint density at radius 3 is 2.22 bits per heavy atom. The van der Waals surface area contributed by atoms with E-state index in [1.807, 2.05) is 0 Å². The van der Waals surface area contributed by atoms with Crippen molar-refractivity contribution in [2.75, 3.05) is 6.61 Å². The molecule has 0 spiro atoms. The summed E-state index contributed by atoms with van der Waals surface area (Å²) in [6.07, 6.45) is 11.4. The summed E-state index contributed by atoms with van der Waals surface area (Å²) >= 11 is 0. The van der Waals surface area contributed by atoms with Crippen molar-refractivity contribution in [2.24, 2.45) is 5.92 Å². The van der Waals surface area contributed by atoms with Gasteiger partial charge in [0.15, 0.2) is 0 Å². The molecule has 0 saturated carbocycles. The standard InChI is InChI=1S/C16H32O2/c1-4-7-9-11-15(10-6-3)13-14-18-16(17)12-8-5-2/h15H,4-14H2,1-3H3. The van der Waals surface area contributed by atoms with Gasteiger partial charge >= 0.3 is 5.97 Å². The number of hydrogen-bond donors (Lipinski definition) is 0. The fourth-order valence-corrected chi connectivity index (χ4v) is 2.26. The van der Waals surface area contributed by atoms with Crippen molar-refractivity contribution >= 4 is 5.97 Å². The van der Waals surface area contributed by atoms with Gasteiger partial charge in [-0.05, 0) is 18.8 Å². The first-order valence-corrected chi connectivity index (χ1v) is 7.90. The van der Waals surface area contributed by atoms with Crippen LogP contribution in [0.15, 0.2) is 0 Å². The quantitative estimate of drug-likeness (QED) is 0.358. The summed E-state index contributed by atoms with van der Waals surface area (Å²) in [7, 11) is 0. The van der Waals surface area contributed by atoms with Crippen LogP contribution in [-0.4, -0.2) is 12.6 Å². The average molecular weight is 256 g/mol. The van der Waals surface area contributed by atoms with E-state index in [0.29, 0.717) is 13.0 Å². The maximum Gasteiger partial charge on any atom is 0.305 e. The molecule has 0 rings (SSSR count). The number of hydrogen-bond acceptors (Lipinski definition) is 2. The minimum Gasteiger partial charge on any atom is -0.466 e. The third-order valence-corrected chi connectivity index (χ3v) is 3.44. The largest absolute Gasteiger partial charge is 0.466 e. The van der Waals surface area contributed by atoms with Gasteiger partial charge in [0, 0.05) is 6.42 Å². The molecule has 0 aliphatic heterocycles. The topological polar surface area (TPSA) is 26.3 Å². The minimum atomic E-state index is -0.0133. The van der Waals surface area contributed by atoms with Crippen LogP contribution in [0.3, 0.4) is 0 Å². The van der Waals surface area contributed by atoms with E-state index in [-0.39, 0.29) is 5.97 Å². The van der Waals surface area contributed by atoms with Crippen molar-refractivity contribution in [3.8, 4) is 0 Å². The number of esters is 1. The van der Waals surface area contributed by atoms with Gasteiger partial charge in [-0.25, -0.2) is 0 Å². The maximum atomic E-state index is 11.4. The Kier molecular flexibility index (Phi) is 12.5. The molecule has 0 N–H and O–H groups in total. The van der Waals surface area contributed by atoms with Crippen LogP contribution in [0.5, 0.6) is 0 Å². The fraction of sp³-hybridized carbons (Fsp3) is 0.938. The summed E-state index contributed by atoms with van der Waals surface area (Å²) in [5.41, 5.74) is 0. The van der Waals surface area contributed by atoms with E-state index in [1.54, 1.807) is 0 Å². The molecular formula is C16H32O2. The van der Waals surface area contributed by atoms with Crippen LogP contribution in [0, 0.1) is 5.92 Å². The predicted octanol–water partition coefficient (Wildman–Crippen LogP) is 5.11. The molecule has 0 aliphatic carbocycles. The zero-order valence-electron chi connectivity index (χ0n) is 12.7. The molecule has 0 aromatic heterocycles. The third-order valence-electron chi connectivity index (χ3n) is 3.44. The lowest BCUT2D eigenvalue weighted by molar-refractivity contribution is -0.144. The number of ether oxygens (including phenoxy) is 1. The molecule has 0 aromatic carbocycles. The van der Waals surface area contributed by atoms with Crippen molar-refractivity contribution in [2.45, 2.75) is 85.0 Å². The summed E-state index contributed by atoms with van der Waals surface area (Å²) in [4.78, 5) is 11.4. The van der Waals surface area contributed by atoms with E-state index < -0.39 is 0 Å². The zero-order valence-corrected chi connectivity index (χ0v) is 12.7. The second kappa shape index (κ2) is 12.9. The van der Waals surface area contributed by atoms with E-state index in [0.717, 1.165) is 25.2 Å². The smallest absolute Gasteiger partial charge is 0.305 e. The third kappa shape index (κ3) is 10.6. The first-order valence-electron chi connectivity index (χ1n) is 7.90. The highest BCUT2D eigenvalue weighted by molar-refractivity contribution is 5.69. The number of unbranched alkanes of at least 4 members (excludes halogenated alkanes) is 3. The Morgan fingerprint density at radius 2 is 1.61 bits per heavy atom. The monoisotopic (exact) mass is 256 g/mol. The molecule has 1 atom stereocenters. The number of carbonyl (C=O) groups excluding carboxylic acids is 1. The van der Waals surface area contributed by atoms with Gasteiger partial charge in [0.1, 0.15) is 0 Å². The Hall–Kier alpha value is -0.530. The van der Waals surface area contributed by atoms with Crippen LogP contribution < -0.4 is 0 Å². The van der Waals surface area contributed by atoms with Crippen molar-refractivity contribution in [1.82, 2.24) is 0 Å². The van der Waals surface area contributed by atoms with Crippen LogP contribution >= 0.6 is 0 Å². The first kappa shape index (κ1) is 17.5. The highest BCUT2D eigenvalue weighted by Crippen LogP contribution is 2.19. The predicted molar refractivity (Wildman–Crippen MR) is 77.6 cm³/mol. The molecule has 0 heterocycles. The normalized spacial score (nSPS) is 12.4. The summed E-state index contributed by atoms with van der Waals surface area (Å²) < 4.78 is 5.29.